The van der Waals surface area contributed by atoms with Crippen LogP contribution in [-0.4, -0.2) is 22.6 Å². The van der Waals surface area contributed by atoms with Crippen LogP contribution < -0.4 is 5.32 Å². The Bertz CT molecular complexity index is 442. The number of rotatable bonds is 2. The van der Waals surface area contributed by atoms with E-state index in [0.29, 0.717) is 0 Å². The lowest BCUT2D eigenvalue weighted by atomic mass is 10.0. The first-order valence-corrected chi connectivity index (χ1v) is 5.03. The van der Waals surface area contributed by atoms with Crippen LogP contribution in [0.3, 0.4) is 0 Å². The highest BCUT2D eigenvalue weighted by atomic mass is 15.0. The van der Waals surface area contributed by atoms with E-state index in [0.717, 1.165) is 25.6 Å². The molecule has 3 nitrogen and oxygen atoms in total. The predicted molar refractivity (Wildman–Crippen MR) is 56.1 cm³/mol. The standard InChI is InChI=1S/C11H13N3/c1-3-12-7-10-2-4-14(11(1)10)8-9-5-13-6-9/h1-4,7,9,13H,5-6,8H2. The Hall–Kier alpha value is -1.35. The molecule has 0 aliphatic carbocycles. The van der Waals surface area contributed by atoms with Crippen molar-refractivity contribution < 1.29 is 0 Å². The highest BCUT2D eigenvalue weighted by Crippen LogP contribution is 2.16. The zero-order chi connectivity index (χ0) is 9.38. The summed E-state index contributed by atoms with van der Waals surface area (Å²) in [5.41, 5.74) is 1.30. The number of nitrogens with one attached hydrogen (secondary N) is 1. The normalized spacial score (nSPS) is 17.1. The third kappa shape index (κ3) is 1.21. The van der Waals surface area contributed by atoms with Gasteiger partial charge in [-0.05, 0) is 12.1 Å². The first-order chi connectivity index (χ1) is 6.93. The monoisotopic (exact) mass is 187 g/mol. The second-order valence-corrected chi connectivity index (χ2v) is 3.93. The summed E-state index contributed by atoms with van der Waals surface area (Å²) in [6.07, 6.45) is 5.94. The maximum Gasteiger partial charge on any atom is 0.0511 e. The molecule has 0 amide bonds. The maximum atomic E-state index is 4.11. The number of pyridine rings is 1. The van der Waals surface area contributed by atoms with Crippen LogP contribution >= 0.6 is 0 Å². The van der Waals surface area contributed by atoms with Crippen molar-refractivity contribution in [3.05, 3.63) is 30.7 Å². The Balaban J connectivity index is 1.95. The van der Waals surface area contributed by atoms with E-state index in [9.17, 15) is 0 Å². The SMILES string of the molecule is c1cc2c(ccn2CC2CNC2)cn1. The minimum absolute atomic E-state index is 0.804. The molecule has 1 fully saturated rings. The summed E-state index contributed by atoms with van der Waals surface area (Å²) < 4.78 is 2.32. The topological polar surface area (TPSA) is 29.9 Å². The first-order valence-electron chi connectivity index (χ1n) is 5.03. The van der Waals surface area contributed by atoms with Crippen LogP contribution in [0.1, 0.15) is 0 Å². The van der Waals surface area contributed by atoms with E-state index in [4.69, 9.17) is 0 Å². The van der Waals surface area contributed by atoms with Crippen LogP contribution in [0.2, 0.25) is 0 Å². The Morgan fingerprint density at radius 2 is 2.36 bits per heavy atom. The predicted octanol–water partition coefficient (Wildman–Crippen LogP) is 1.26. The smallest absolute Gasteiger partial charge is 0.0511 e. The van der Waals surface area contributed by atoms with E-state index in [1.54, 1.807) is 0 Å². The molecule has 0 spiro atoms. The summed E-state index contributed by atoms with van der Waals surface area (Å²) in [5, 5.41) is 4.53. The molecule has 1 N–H and O–H groups in total. The molecule has 1 aliphatic rings. The van der Waals surface area contributed by atoms with Gasteiger partial charge in [-0.15, -0.1) is 0 Å². The van der Waals surface area contributed by atoms with E-state index in [1.165, 1.54) is 10.9 Å². The van der Waals surface area contributed by atoms with E-state index < -0.39 is 0 Å². The van der Waals surface area contributed by atoms with Crippen LogP contribution in [0.15, 0.2) is 30.7 Å². The maximum absolute atomic E-state index is 4.11. The van der Waals surface area contributed by atoms with Gasteiger partial charge in [0.25, 0.3) is 0 Å². The van der Waals surface area contributed by atoms with Gasteiger partial charge in [0.05, 0.1) is 5.52 Å². The second kappa shape index (κ2) is 3.10. The van der Waals surface area contributed by atoms with Gasteiger partial charge >= 0.3 is 0 Å². The van der Waals surface area contributed by atoms with E-state index >= 15 is 0 Å². The molecule has 0 aromatic carbocycles. The fraction of sp³-hybridized carbons (Fsp3) is 0.364. The molecule has 3 heteroatoms. The molecular formula is C11H13N3. The minimum atomic E-state index is 0.804. The largest absolute Gasteiger partial charge is 0.347 e. The van der Waals surface area contributed by atoms with Crippen molar-refractivity contribution >= 4 is 10.9 Å². The van der Waals surface area contributed by atoms with Crippen LogP contribution in [0, 0.1) is 5.92 Å². The Kier molecular flexibility index (Phi) is 1.77. The number of aromatic nitrogens is 2. The lowest BCUT2D eigenvalue weighted by Crippen LogP contribution is -2.44. The van der Waals surface area contributed by atoms with Gasteiger partial charge in [0.1, 0.15) is 0 Å². The van der Waals surface area contributed by atoms with E-state index in [-0.39, 0.29) is 0 Å². The van der Waals surface area contributed by atoms with Crippen LogP contribution in [0.5, 0.6) is 0 Å². The molecule has 3 rings (SSSR count). The highest BCUT2D eigenvalue weighted by molar-refractivity contribution is 5.78. The fourth-order valence-electron chi connectivity index (χ4n) is 1.95. The first kappa shape index (κ1) is 8.00. The molecule has 1 aliphatic heterocycles. The summed E-state index contributed by atoms with van der Waals surface area (Å²) in [6.45, 7) is 3.44. The van der Waals surface area contributed by atoms with Crippen molar-refractivity contribution in [2.45, 2.75) is 6.54 Å². The summed E-state index contributed by atoms with van der Waals surface area (Å²) in [6, 6.07) is 4.22. The molecule has 2 aromatic heterocycles. The summed E-state index contributed by atoms with van der Waals surface area (Å²) >= 11 is 0. The van der Waals surface area contributed by atoms with E-state index in [2.05, 4.69) is 33.2 Å². The third-order valence-electron chi connectivity index (χ3n) is 2.89. The molecule has 14 heavy (non-hydrogen) atoms. The summed E-state index contributed by atoms with van der Waals surface area (Å²) in [5.74, 6) is 0.804. The zero-order valence-corrected chi connectivity index (χ0v) is 7.98. The van der Waals surface area contributed by atoms with Gasteiger partial charge in [0.15, 0.2) is 0 Å². The van der Waals surface area contributed by atoms with Crippen molar-refractivity contribution in [2.24, 2.45) is 5.92 Å². The molecule has 1 saturated heterocycles. The van der Waals surface area contributed by atoms with Crippen molar-refractivity contribution in [1.29, 1.82) is 0 Å². The van der Waals surface area contributed by atoms with Gasteiger partial charge in [-0.1, -0.05) is 0 Å². The minimum Gasteiger partial charge on any atom is -0.347 e. The summed E-state index contributed by atoms with van der Waals surface area (Å²) in [4.78, 5) is 4.11. The molecule has 2 aromatic rings. The van der Waals surface area contributed by atoms with Crippen molar-refractivity contribution in [3.8, 4) is 0 Å². The fourth-order valence-corrected chi connectivity index (χ4v) is 1.95. The van der Waals surface area contributed by atoms with Crippen molar-refractivity contribution in [2.75, 3.05) is 13.1 Å². The molecule has 3 heterocycles. The lowest BCUT2D eigenvalue weighted by Gasteiger charge is -2.27. The highest BCUT2D eigenvalue weighted by Gasteiger charge is 2.17. The van der Waals surface area contributed by atoms with Crippen molar-refractivity contribution in [3.63, 3.8) is 0 Å². The van der Waals surface area contributed by atoms with Crippen LogP contribution in [0.4, 0.5) is 0 Å². The quantitative estimate of drug-likeness (QED) is 0.767. The van der Waals surface area contributed by atoms with Gasteiger partial charge < -0.3 is 9.88 Å². The summed E-state index contributed by atoms with van der Waals surface area (Å²) in [7, 11) is 0. The molecule has 0 radical (unpaired) electrons. The van der Waals surface area contributed by atoms with Gasteiger partial charge in [0, 0.05) is 49.5 Å². The van der Waals surface area contributed by atoms with Gasteiger partial charge in [-0.25, -0.2) is 0 Å². The second-order valence-electron chi connectivity index (χ2n) is 3.93. The lowest BCUT2D eigenvalue weighted by molar-refractivity contribution is 0.310. The molecule has 0 bridgehead atoms. The van der Waals surface area contributed by atoms with Crippen molar-refractivity contribution in [1.82, 2.24) is 14.9 Å². The molecule has 72 valence electrons. The Labute approximate surface area is 82.8 Å². The number of hydrogen-bond acceptors (Lipinski definition) is 2. The average Bonchev–Trinajstić information content (AvgIpc) is 2.55. The van der Waals surface area contributed by atoms with Gasteiger partial charge in [0.2, 0.25) is 0 Å². The molecule has 0 saturated carbocycles. The van der Waals surface area contributed by atoms with Gasteiger partial charge in [-0.3, -0.25) is 4.98 Å². The zero-order valence-electron chi connectivity index (χ0n) is 7.98. The van der Waals surface area contributed by atoms with E-state index in [1.807, 2.05) is 12.4 Å². The number of nitrogens with zero attached hydrogens (tertiary/aromatic N) is 2. The van der Waals surface area contributed by atoms with Crippen LogP contribution in [0.25, 0.3) is 10.9 Å². The third-order valence-corrected chi connectivity index (χ3v) is 2.89. The van der Waals surface area contributed by atoms with Gasteiger partial charge in [-0.2, -0.15) is 0 Å². The van der Waals surface area contributed by atoms with Crippen LogP contribution in [-0.2, 0) is 6.54 Å². The Morgan fingerprint density at radius 1 is 1.43 bits per heavy atom. The average molecular weight is 187 g/mol. The molecule has 0 atom stereocenters. The number of hydrogen-bond donors (Lipinski definition) is 1. The Morgan fingerprint density at radius 3 is 3.14 bits per heavy atom. The molecular weight excluding hydrogens is 174 g/mol. The molecule has 0 unspecified atom stereocenters. The number of fused-ring (bicyclic) bond motifs is 1.